The molecule has 1 fully saturated rings. The van der Waals surface area contributed by atoms with E-state index in [2.05, 4.69) is 15.6 Å². The minimum Gasteiger partial charge on any atom is -0.345 e. The van der Waals surface area contributed by atoms with Crippen LogP contribution in [0.1, 0.15) is 36.4 Å². The second kappa shape index (κ2) is 11.1. The second-order valence-corrected chi connectivity index (χ2v) is 6.09. The van der Waals surface area contributed by atoms with Gasteiger partial charge in [-0.2, -0.15) is 0 Å². The fourth-order valence-corrected chi connectivity index (χ4v) is 3.09. The first-order valence-corrected chi connectivity index (χ1v) is 8.28. The largest absolute Gasteiger partial charge is 0.345 e. The van der Waals surface area contributed by atoms with Gasteiger partial charge in [-0.15, -0.1) is 24.8 Å². The SMILES string of the molecule is Cl.Cl.O=C(CCC1CCNC1)NC(c1ccccc1)c1ccncc1. The Kier molecular flexibility index (Phi) is 9.50. The topological polar surface area (TPSA) is 54.0 Å². The van der Waals surface area contributed by atoms with E-state index in [0.717, 1.165) is 30.6 Å². The van der Waals surface area contributed by atoms with Gasteiger partial charge in [-0.1, -0.05) is 30.3 Å². The number of hydrogen-bond donors (Lipinski definition) is 2. The van der Waals surface area contributed by atoms with E-state index in [1.165, 1.54) is 6.42 Å². The van der Waals surface area contributed by atoms with E-state index in [1.807, 2.05) is 42.5 Å². The van der Waals surface area contributed by atoms with Crippen molar-refractivity contribution >= 4 is 30.7 Å². The van der Waals surface area contributed by atoms with E-state index in [1.54, 1.807) is 12.4 Å². The lowest BCUT2D eigenvalue weighted by Crippen LogP contribution is -2.29. The Labute approximate surface area is 161 Å². The van der Waals surface area contributed by atoms with Gasteiger partial charge in [-0.25, -0.2) is 0 Å². The molecular weight excluding hydrogens is 357 g/mol. The molecule has 2 atom stereocenters. The van der Waals surface area contributed by atoms with Crippen molar-refractivity contribution in [1.82, 2.24) is 15.6 Å². The number of amides is 1. The summed E-state index contributed by atoms with van der Waals surface area (Å²) in [7, 11) is 0. The van der Waals surface area contributed by atoms with Crippen molar-refractivity contribution in [3.8, 4) is 0 Å². The molecule has 136 valence electrons. The van der Waals surface area contributed by atoms with Crippen LogP contribution >= 0.6 is 24.8 Å². The van der Waals surface area contributed by atoms with Crippen LogP contribution in [0, 0.1) is 5.92 Å². The van der Waals surface area contributed by atoms with E-state index >= 15 is 0 Å². The molecule has 25 heavy (non-hydrogen) atoms. The Morgan fingerprint density at radius 1 is 1.12 bits per heavy atom. The van der Waals surface area contributed by atoms with E-state index in [0.29, 0.717) is 12.3 Å². The highest BCUT2D eigenvalue weighted by Gasteiger charge is 2.19. The van der Waals surface area contributed by atoms with Crippen molar-refractivity contribution < 1.29 is 4.79 Å². The molecular formula is C19H25Cl2N3O. The van der Waals surface area contributed by atoms with Gasteiger partial charge >= 0.3 is 0 Å². The number of pyridine rings is 1. The third kappa shape index (κ3) is 6.31. The van der Waals surface area contributed by atoms with Crippen molar-refractivity contribution in [2.24, 2.45) is 5.92 Å². The molecule has 0 aliphatic carbocycles. The Balaban J connectivity index is 0.00000156. The molecule has 0 radical (unpaired) electrons. The van der Waals surface area contributed by atoms with Gasteiger partial charge < -0.3 is 10.6 Å². The van der Waals surface area contributed by atoms with E-state index in [9.17, 15) is 4.79 Å². The Morgan fingerprint density at radius 3 is 2.44 bits per heavy atom. The molecule has 0 bridgehead atoms. The molecule has 1 saturated heterocycles. The van der Waals surface area contributed by atoms with E-state index < -0.39 is 0 Å². The molecule has 1 amide bonds. The maximum atomic E-state index is 12.4. The lowest BCUT2D eigenvalue weighted by molar-refractivity contribution is -0.121. The normalized spacial score (nSPS) is 17.0. The Hall–Kier alpha value is -1.62. The average Bonchev–Trinajstić information content (AvgIpc) is 3.13. The first-order valence-electron chi connectivity index (χ1n) is 8.28. The highest BCUT2D eigenvalue weighted by Crippen LogP contribution is 2.22. The quantitative estimate of drug-likeness (QED) is 0.804. The number of nitrogens with zero attached hydrogens (tertiary/aromatic N) is 1. The smallest absolute Gasteiger partial charge is 0.220 e. The minimum atomic E-state index is -0.117. The molecule has 6 heteroatoms. The molecule has 2 aromatic rings. The Morgan fingerprint density at radius 2 is 1.80 bits per heavy atom. The molecule has 2 unspecified atom stereocenters. The standard InChI is InChI=1S/C19H23N3O.2ClH/c23-18(7-6-15-8-11-21-14-15)22-19(16-4-2-1-3-5-16)17-9-12-20-13-10-17;;/h1-5,9-10,12-13,15,19,21H,6-8,11,14H2,(H,22,23);2*1H. The number of carbonyl (C=O) groups excluding carboxylic acids is 1. The lowest BCUT2D eigenvalue weighted by Gasteiger charge is -2.20. The summed E-state index contributed by atoms with van der Waals surface area (Å²) in [6.45, 7) is 2.12. The van der Waals surface area contributed by atoms with Crippen molar-refractivity contribution in [1.29, 1.82) is 0 Å². The third-order valence-corrected chi connectivity index (χ3v) is 4.42. The first kappa shape index (κ1) is 21.4. The van der Waals surface area contributed by atoms with Crippen LogP contribution < -0.4 is 10.6 Å². The molecule has 2 heterocycles. The van der Waals surface area contributed by atoms with Crippen molar-refractivity contribution in [3.05, 3.63) is 66.0 Å². The predicted octanol–water partition coefficient (Wildman–Crippen LogP) is 3.52. The molecule has 0 spiro atoms. The molecule has 1 aliphatic heterocycles. The zero-order chi connectivity index (χ0) is 15.9. The number of benzene rings is 1. The molecule has 0 saturated carbocycles. The van der Waals surface area contributed by atoms with Crippen LogP contribution in [0.3, 0.4) is 0 Å². The highest BCUT2D eigenvalue weighted by atomic mass is 35.5. The number of hydrogen-bond acceptors (Lipinski definition) is 3. The summed E-state index contributed by atoms with van der Waals surface area (Å²) in [5.74, 6) is 0.749. The van der Waals surface area contributed by atoms with Crippen LogP contribution in [-0.4, -0.2) is 24.0 Å². The molecule has 1 aliphatic rings. The summed E-state index contributed by atoms with van der Waals surface area (Å²) in [5.41, 5.74) is 2.15. The number of rotatable bonds is 6. The maximum absolute atomic E-state index is 12.4. The van der Waals surface area contributed by atoms with Crippen molar-refractivity contribution in [2.45, 2.75) is 25.3 Å². The predicted molar refractivity (Wildman–Crippen MR) is 105 cm³/mol. The maximum Gasteiger partial charge on any atom is 0.220 e. The van der Waals surface area contributed by atoms with Gasteiger partial charge in [0.1, 0.15) is 0 Å². The third-order valence-electron chi connectivity index (χ3n) is 4.42. The monoisotopic (exact) mass is 381 g/mol. The van der Waals surface area contributed by atoms with Crippen LogP contribution in [0.2, 0.25) is 0 Å². The van der Waals surface area contributed by atoms with Crippen LogP contribution in [0.4, 0.5) is 0 Å². The summed E-state index contributed by atoms with van der Waals surface area (Å²) in [6, 6.07) is 13.9. The zero-order valence-electron chi connectivity index (χ0n) is 14.1. The number of halogens is 2. The van der Waals surface area contributed by atoms with Crippen LogP contribution in [0.15, 0.2) is 54.9 Å². The number of aromatic nitrogens is 1. The Bertz CT molecular complexity index is 580. The summed E-state index contributed by atoms with van der Waals surface area (Å²) in [6.07, 6.45) is 6.25. The van der Waals surface area contributed by atoms with Gasteiger partial charge in [0.05, 0.1) is 6.04 Å². The van der Waals surface area contributed by atoms with E-state index in [4.69, 9.17) is 0 Å². The molecule has 1 aromatic heterocycles. The number of nitrogens with one attached hydrogen (secondary N) is 2. The second-order valence-electron chi connectivity index (χ2n) is 6.09. The van der Waals surface area contributed by atoms with Gasteiger partial charge in [-0.3, -0.25) is 9.78 Å². The summed E-state index contributed by atoms with van der Waals surface area (Å²) in [4.78, 5) is 16.5. The van der Waals surface area contributed by atoms with Gasteiger partial charge in [0.2, 0.25) is 5.91 Å². The minimum absolute atomic E-state index is 0. The first-order chi connectivity index (χ1) is 11.3. The van der Waals surface area contributed by atoms with Crippen molar-refractivity contribution in [3.63, 3.8) is 0 Å². The summed E-state index contributed by atoms with van der Waals surface area (Å²) < 4.78 is 0. The fraction of sp³-hybridized carbons (Fsp3) is 0.368. The summed E-state index contributed by atoms with van der Waals surface area (Å²) in [5, 5.41) is 6.54. The summed E-state index contributed by atoms with van der Waals surface area (Å²) >= 11 is 0. The molecule has 3 rings (SSSR count). The van der Waals surface area contributed by atoms with Gasteiger partial charge in [0.15, 0.2) is 0 Å². The molecule has 1 aromatic carbocycles. The van der Waals surface area contributed by atoms with Crippen LogP contribution in [0.25, 0.3) is 0 Å². The van der Waals surface area contributed by atoms with Crippen LogP contribution in [-0.2, 0) is 4.79 Å². The highest BCUT2D eigenvalue weighted by molar-refractivity contribution is 5.85. The van der Waals surface area contributed by atoms with Crippen LogP contribution in [0.5, 0.6) is 0 Å². The van der Waals surface area contributed by atoms with Gasteiger partial charge in [-0.05, 0) is 55.1 Å². The van der Waals surface area contributed by atoms with Crippen molar-refractivity contribution in [2.75, 3.05) is 13.1 Å². The number of carbonyl (C=O) groups is 1. The lowest BCUT2D eigenvalue weighted by atomic mass is 9.98. The molecule has 2 N–H and O–H groups in total. The zero-order valence-corrected chi connectivity index (χ0v) is 15.7. The fourth-order valence-electron chi connectivity index (χ4n) is 3.09. The van der Waals surface area contributed by atoms with Gasteiger partial charge in [0.25, 0.3) is 0 Å². The van der Waals surface area contributed by atoms with E-state index in [-0.39, 0.29) is 36.8 Å². The average molecular weight is 382 g/mol. The molecule has 4 nitrogen and oxygen atoms in total. The van der Waals surface area contributed by atoms with Gasteiger partial charge in [0, 0.05) is 18.8 Å².